The van der Waals surface area contributed by atoms with E-state index >= 15 is 0 Å². The number of hydrogen-bond acceptors (Lipinski definition) is 6. The summed E-state index contributed by atoms with van der Waals surface area (Å²) in [4.78, 5) is 19.9. The minimum absolute atomic E-state index is 0.161. The van der Waals surface area contributed by atoms with Gasteiger partial charge in [-0.05, 0) is 17.2 Å². The van der Waals surface area contributed by atoms with E-state index in [2.05, 4.69) is 56.2 Å². The van der Waals surface area contributed by atoms with Crippen LogP contribution in [-0.4, -0.2) is 38.4 Å². The number of thioether (sulfide) groups is 1. The average Bonchev–Trinajstić information content (AvgIpc) is 3.16. The first-order valence-corrected chi connectivity index (χ1v) is 9.30. The van der Waals surface area contributed by atoms with Crippen LogP contribution in [0.3, 0.4) is 0 Å². The number of fused-ring (bicyclic) bond motifs is 1. The van der Waals surface area contributed by atoms with Crippen LogP contribution in [0.4, 0.5) is 0 Å². The van der Waals surface area contributed by atoms with Gasteiger partial charge in [0.2, 0.25) is 5.16 Å². The monoisotopic (exact) mass is 376 g/mol. The molecule has 2 aromatic carbocycles. The van der Waals surface area contributed by atoms with Crippen molar-refractivity contribution in [3.05, 3.63) is 66.9 Å². The molecule has 4 aromatic rings. The van der Waals surface area contributed by atoms with E-state index in [0.717, 1.165) is 16.8 Å². The predicted octanol–water partition coefficient (Wildman–Crippen LogP) is 3.72. The van der Waals surface area contributed by atoms with Gasteiger partial charge in [0.15, 0.2) is 0 Å². The van der Waals surface area contributed by atoms with E-state index in [1.807, 2.05) is 24.3 Å². The van der Waals surface area contributed by atoms with Gasteiger partial charge in [-0.15, -0.1) is 5.10 Å². The van der Waals surface area contributed by atoms with Crippen LogP contribution in [0, 0.1) is 0 Å². The molecule has 0 radical (unpaired) electrons. The van der Waals surface area contributed by atoms with Crippen LogP contribution >= 0.6 is 11.8 Å². The SMILES string of the molecule is COC(=O)CSc1nc2nccc(-c3ccc(-c4ccccc4)cc3)n2n1. The lowest BCUT2D eigenvalue weighted by Gasteiger charge is -2.06. The van der Waals surface area contributed by atoms with Gasteiger partial charge in [-0.2, -0.15) is 9.50 Å². The minimum atomic E-state index is -0.316. The fourth-order valence-electron chi connectivity index (χ4n) is 2.70. The second kappa shape index (κ2) is 7.59. The summed E-state index contributed by atoms with van der Waals surface area (Å²) < 4.78 is 6.34. The first kappa shape index (κ1) is 17.2. The van der Waals surface area contributed by atoms with E-state index in [9.17, 15) is 4.79 Å². The van der Waals surface area contributed by atoms with E-state index < -0.39 is 0 Å². The number of benzene rings is 2. The molecule has 134 valence electrons. The number of hydrogen-bond donors (Lipinski definition) is 0. The molecule has 0 aliphatic carbocycles. The largest absolute Gasteiger partial charge is 0.468 e. The molecule has 0 unspecified atom stereocenters. The van der Waals surface area contributed by atoms with E-state index in [1.165, 1.54) is 24.4 Å². The Balaban J connectivity index is 1.65. The molecule has 0 bridgehead atoms. The molecule has 4 rings (SSSR count). The number of rotatable bonds is 5. The molecule has 0 spiro atoms. The van der Waals surface area contributed by atoms with Crippen molar-refractivity contribution >= 4 is 23.5 Å². The molecule has 0 aliphatic rings. The highest BCUT2D eigenvalue weighted by atomic mass is 32.2. The molecular weight excluding hydrogens is 360 g/mol. The van der Waals surface area contributed by atoms with Crippen LogP contribution in [-0.2, 0) is 9.53 Å². The summed E-state index contributed by atoms with van der Waals surface area (Å²) in [6.45, 7) is 0. The van der Waals surface area contributed by atoms with Gasteiger partial charge < -0.3 is 4.74 Å². The van der Waals surface area contributed by atoms with Gasteiger partial charge in [-0.25, -0.2) is 4.98 Å². The Bertz CT molecular complexity index is 1080. The molecule has 0 fully saturated rings. The molecule has 27 heavy (non-hydrogen) atoms. The van der Waals surface area contributed by atoms with Crippen molar-refractivity contribution in [3.8, 4) is 22.4 Å². The molecule has 2 aromatic heterocycles. The van der Waals surface area contributed by atoms with E-state index in [1.54, 1.807) is 10.7 Å². The van der Waals surface area contributed by atoms with Gasteiger partial charge in [0, 0.05) is 11.8 Å². The van der Waals surface area contributed by atoms with Crippen molar-refractivity contribution in [2.24, 2.45) is 0 Å². The summed E-state index contributed by atoms with van der Waals surface area (Å²) in [7, 11) is 1.36. The van der Waals surface area contributed by atoms with Crippen molar-refractivity contribution in [1.29, 1.82) is 0 Å². The zero-order valence-corrected chi connectivity index (χ0v) is 15.4. The first-order chi connectivity index (χ1) is 13.2. The van der Waals surface area contributed by atoms with E-state index in [-0.39, 0.29) is 11.7 Å². The Morgan fingerprint density at radius 3 is 2.44 bits per heavy atom. The number of methoxy groups -OCH3 is 1. The smallest absolute Gasteiger partial charge is 0.316 e. The van der Waals surface area contributed by atoms with Crippen LogP contribution < -0.4 is 0 Å². The second-order valence-corrected chi connectivity index (χ2v) is 6.69. The number of aromatic nitrogens is 4. The summed E-state index contributed by atoms with van der Waals surface area (Å²) in [5.74, 6) is 0.338. The van der Waals surface area contributed by atoms with Gasteiger partial charge in [0.25, 0.3) is 5.78 Å². The standard InChI is InChI=1S/C20H16N4O2S/c1-26-18(25)13-27-20-22-19-21-12-11-17(24(19)23-20)16-9-7-15(8-10-16)14-5-3-2-4-6-14/h2-12H,13H2,1H3. The van der Waals surface area contributed by atoms with Crippen molar-refractivity contribution in [2.75, 3.05) is 12.9 Å². The first-order valence-electron chi connectivity index (χ1n) is 8.32. The van der Waals surface area contributed by atoms with E-state index in [4.69, 9.17) is 0 Å². The highest BCUT2D eigenvalue weighted by molar-refractivity contribution is 7.99. The maximum atomic E-state index is 11.3. The Morgan fingerprint density at radius 2 is 1.70 bits per heavy atom. The third kappa shape index (κ3) is 3.68. The van der Waals surface area contributed by atoms with Crippen LogP contribution in [0.2, 0.25) is 0 Å². The molecule has 0 amide bonds. The van der Waals surface area contributed by atoms with Gasteiger partial charge >= 0.3 is 5.97 Å². The summed E-state index contributed by atoms with van der Waals surface area (Å²) >= 11 is 1.22. The summed E-state index contributed by atoms with van der Waals surface area (Å²) in [5, 5.41) is 4.96. The molecule has 2 heterocycles. The van der Waals surface area contributed by atoms with Crippen LogP contribution in [0.1, 0.15) is 0 Å². The van der Waals surface area contributed by atoms with Crippen LogP contribution in [0.15, 0.2) is 72.0 Å². The highest BCUT2D eigenvalue weighted by Gasteiger charge is 2.12. The van der Waals surface area contributed by atoms with Crippen LogP contribution in [0.5, 0.6) is 0 Å². The summed E-state index contributed by atoms with van der Waals surface area (Å²) in [5.41, 5.74) is 4.22. The van der Waals surface area contributed by atoms with Crippen LogP contribution in [0.25, 0.3) is 28.2 Å². The Kier molecular flexibility index (Phi) is 4.84. The number of esters is 1. The van der Waals surface area contributed by atoms with E-state index in [0.29, 0.717) is 10.9 Å². The van der Waals surface area contributed by atoms with Crippen molar-refractivity contribution in [2.45, 2.75) is 5.16 Å². The lowest BCUT2D eigenvalue weighted by Crippen LogP contribution is -2.03. The second-order valence-electron chi connectivity index (χ2n) is 5.74. The molecule has 0 saturated heterocycles. The summed E-state index contributed by atoms with van der Waals surface area (Å²) in [6, 6.07) is 20.4. The number of carbonyl (C=O) groups excluding carboxylic acids is 1. The molecule has 6 nitrogen and oxygen atoms in total. The fraction of sp³-hybridized carbons (Fsp3) is 0.100. The van der Waals surface area contributed by atoms with Gasteiger partial charge in [-0.3, -0.25) is 4.79 Å². The third-order valence-corrected chi connectivity index (χ3v) is 4.87. The minimum Gasteiger partial charge on any atom is -0.468 e. The normalized spacial score (nSPS) is 10.9. The van der Waals surface area contributed by atoms with Crippen molar-refractivity contribution in [3.63, 3.8) is 0 Å². The lowest BCUT2D eigenvalue weighted by atomic mass is 10.0. The fourth-order valence-corrected chi connectivity index (χ4v) is 3.35. The maximum absolute atomic E-state index is 11.3. The zero-order chi connectivity index (χ0) is 18.6. The molecule has 7 heteroatoms. The van der Waals surface area contributed by atoms with Crippen molar-refractivity contribution < 1.29 is 9.53 Å². The molecule has 0 aliphatic heterocycles. The topological polar surface area (TPSA) is 69.4 Å². The summed E-state index contributed by atoms with van der Waals surface area (Å²) in [6.07, 6.45) is 1.71. The van der Waals surface area contributed by atoms with Crippen molar-refractivity contribution in [1.82, 2.24) is 19.6 Å². The highest BCUT2D eigenvalue weighted by Crippen LogP contribution is 2.25. The Hall–Kier alpha value is -3.19. The molecule has 0 atom stereocenters. The zero-order valence-electron chi connectivity index (χ0n) is 14.6. The van der Waals surface area contributed by atoms with Gasteiger partial charge in [0.05, 0.1) is 18.6 Å². The Labute approximate surface area is 160 Å². The average molecular weight is 376 g/mol. The molecule has 0 saturated carbocycles. The van der Waals surface area contributed by atoms with Gasteiger partial charge in [0.1, 0.15) is 0 Å². The number of nitrogens with zero attached hydrogens (tertiary/aromatic N) is 4. The molecule has 0 N–H and O–H groups in total. The third-order valence-electron chi connectivity index (χ3n) is 4.06. The number of carbonyl (C=O) groups is 1. The Morgan fingerprint density at radius 1 is 1.00 bits per heavy atom. The number of ether oxygens (including phenoxy) is 1. The lowest BCUT2D eigenvalue weighted by molar-refractivity contribution is -0.137. The maximum Gasteiger partial charge on any atom is 0.316 e. The van der Waals surface area contributed by atoms with Gasteiger partial charge in [-0.1, -0.05) is 66.4 Å². The predicted molar refractivity (Wildman–Crippen MR) is 104 cm³/mol. The quantitative estimate of drug-likeness (QED) is 0.391. The molecular formula is C20H16N4O2S.